The van der Waals surface area contributed by atoms with Crippen LogP contribution >= 0.6 is 0 Å². The van der Waals surface area contributed by atoms with E-state index >= 15 is 0 Å². The number of aryl methyl sites for hydroxylation is 1. The van der Waals surface area contributed by atoms with Gasteiger partial charge in [-0.3, -0.25) is 0 Å². The van der Waals surface area contributed by atoms with Crippen LogP contribution in [0.15, 0.2) is 72.8 Å². The van der Waals surface area contributed by atoms with Gasteiger partial charge in [-0.15, -0.1) is 0 Å². The molecule has 3 heteroatoms. The molecule has 27 heavy (non-hydrogen) atoms. The highest BCUT2D eigenvalue weighted by Gasteiger charge is 2.34. The average Bonchev–Trinajstić information content (AvgIpc) is 2.73. The molecule has 0 aliphatic carbocycles. The summed E-state index contributed by atoms with van der Waals surface area (Å²) in [7, 11) is 5.73. The maximum absolute atomic E-state index is 12.0. The molecular formula is C24H27NO2. The Hall–Kier alpha value is -2.78. The molecule has 0 heterocycles. The van der Waals surface area contributed by atoms with Gasteiger partial charge >= 0.3 is 0 Å². The van der Waals surface area contributed by atoms with Crippen LogP contribution < -0.4 is 9.64 Å². The predicted molar refractivity (Wildman–Crippen MR) is 112 cm³/mol. The minimum atomic E-state index is -1.23. The number of anilines is 1. The monoisotopic (exact) mass is 361 g/mol. The van der Waals surface area contributed by atoms with Crippen LogP contribution in [0.25, 0.3) is 0 Å². The second-order valence-corrected chi connectivity index (χ2v) is 6.90. The maximum atomic E-state index is 12.0. The van der Waals surface area contributed by atoms with Crippen molar-refractivity contribution >= 4 is 5.69 Å². The van der Waals surface area contributed by atoms with E-state index in [1.165, 1.54) is 11.3 Å². The molecule has 0 spiro atoms. The summed E-state index contributed by atoms with van der Waals surface area (Å²) < 4.78 is 5.28. The molecule has 1 N–H and O–H groups in total. The van der Waals surface area contributed by atoms with Gasteiger partial charge in [0, 0.05) is 19.8 Å². The molecule has 0 aliphatic heterocycles. The van der Waals surface area contributed by atoms with E-state index in [-0.39, 0.29) is 0 Å². The molecule has 0 radical (unpaired) electrons. The number of methoxy groups -OCH3 is 1. The zero-order chi connectivity index (χ0) is 19.4. The zero-order valence-corrected chi connectivity index (χ0v) is 16.4. The Balaban J connectivity index is 2.21. The van der Waals surface area contributed by atoms with Gasteiger partial charge < -0.3 is 14.7 Å². The predicted octanol–water partition coefficient (Wildman–Crippen LogP) is 4.61. The van der Waals surface area contributed by atoms with Crippen molar-refractivity contribution in [1.29, 1.82) is 0 Å². The van der Waals surface area contributed by atoms with Crippen LogP contribution in [0.2, 0.25) is 0 Å². The SMILES string of the molecule is CCc1cc(C(O)(c2ccccc2)c2ccc(OC)cc2)ccc1N(C)C. The second-order valence-electron chi connectivity index (χ2n) is 6.90. The first-order valence-electron chi connectivity index (χ1n) is 9.23. The molecule has 0 fully saturated rings. The molecule has 1 unspecified atom stereocenters. The highest BCUT2D eigenvalue weighted by molar-refractivity contribution is 5.58. The van der Waals surface area contributed by atoms with E-state index in [0.29, 0.717) is 0 Å². The van der Waals surface area contributed by atoms with E-state index in [1.807, 2.05) is 74.8 Å². The number of hydrogen-bond acceptors (Lipinski definition) is 3. The van der Waals surface area contributed by atoms with Crippen molar-refractivity contribution in [2.75, 3.05) is 26.1 Å². The highest BCUT2D eigenvalue weighted by atomic mass is 16.5. The standard InChI is InChI=1S/C24H27NO2/c1-5-18-17-21(13-16-23(18)25(2)3)24(26,19-9-7-6-8-10-19)20-11-14-22(27-4)15-12-20/h6-17,26H,5H2,1-4H3. The van der Waals surface area contributed by atoms with Gasteiger partial charge in [0.05, 0.1) is 7.11 Å². The van der Waals surface area contributed by atoms with E-state index in [2.05, 4.69) is 24.0 Å². The Morgan fingerprint density at radius 1 is 0.852 bits per heavy atom. The molecule has 140 valence electrons. The minimum Gasteiger partial charge on any atom is -0.497 e. The van der Waals surface area contributed by atoms with Gasteiger partial charge in [0.2, 0.25) is 0 Å². The van der Waals surface area contributed by atoms with E-state index in [0.717, 1.165) is 28.9 Å². The first-order chi connectivity index (χ1) is 13.0. The van der Waals surface area contributed by atoms with Crippen molar-refractivity contribution in [2.45, 2.75) is 18.9 Å². The van der Waals surface area contributed by atoms with Crippen LogP contribution in [-0.4, -0.2) is 26.3 Å². The fourth-order valence-electron chi connectivity index (χ4n) is 3.54. The lowest BCUT2D eigenvalue weighted by atomic mass is 9.79. The third-order valence-corrected chi connectivity index (χ3v) is 5.06. The molecule has 3 aromatic carbocycles. The van der Waals surface area contributed by atoms with Gasteiger partial charge in [-0.25, -0.2) is 0 Å². The molecule has 0 aromatic heterocycles. The van der Waals surface area contributed by atoms with Gasteiger partial charge in [0.15, 0.2) is 0 Å². The van der Waals surface area contributed by atoms with Gasteiger partial charge in [-0.2, -0.15) is 0 Å². The highest BCUT2D eigenvalue weighted by Crippen LogP contribution is 2.39. The van der Waals surface area contributed by atoms with Crippen LogP contribution in [0.3, 0.4) is 0 Å². The summed E-state index contributed by atoms with van der Waals surface area (Å²) >= 11 is 0. The lowest BCUT2D eigenvalue weighted by molar-refractivity contribution is 0.125. The van der Waals surface area contributed by atoms with Crippen molar-refractivity contribution < 1.29 is 9.84 Å². The van der Waals surface area contributed by atoms with Gasteiger partial charge in [0.1, 0.15) is 11.4 Å². The molecule has 3 rings (SSSR count). The molecule has 0 saturated carbocycles. The quantitative estimate of drug-likeness (QED) is 0.651. The van der Waals surface area contributed by atoms with Crippen LogP contribution in [-0.2, 0) is 12.0 Å². The molecule has 0 saturated heterocycles. The summed E-state index contributed by atoms with van der Waals surface area (Å²) in [6, 6.07) is 23.7. The van der Waals surface area contributed by atoms with Crippen LogP contribution in [0.1, 0.15) is 29.2 Å². The third-order valence-electron chi connectivity index (χ3n) is 5.06. The Morgan fingerprint density at radius 3 is 2.00 bits per heavy atom. The number of rotatable bonds is 6. The molecule has 1 atom stereocenters. The fraction of sp³-hybridized carbons (Fsp3) is 0.250. The van der Waals surface area contributed by atoms with E-state index in [9.17, 15) is 5.11 Å². The van der Waals surface area contributed by atoms with Crippen molar-refractivity contribution in [1.82, 2.24) is 0 Å². The molecule has 3 aromatic rings. The summed E-state index contributed by atoms with van der Waals surface area (Å²) in [6.07, 6.45) is 0.898. The lowest BCUT2D eigenvalue weighted by Crippen LogP contribution is -2.29. The van der Waals surface area contributed by atoms with E-state index in [1.54, 1.807) is 7.11 Å². The number of hydrogen-bond donors (Lipinski definition) is 1. The molecule has 3 nitrogen and oxygen atoms in total. The number of benzene rings is 3. The molecule has 0 bridgehead atoms. The van der Waals surface area contributed by atoms with Crippen molar-refractivity contribution in [3.05, 3.63) is 95.1 Å². The maximum Gasteiger partial charge on any atom is 0.140 e. The Kier molecular flexibility index (Phi) is 5.52. The first kappa shape index (κ1) is 19.0. The van der Waals surface area contributed by atoms with Gasteiger partial charge in [-0.05, 0) is 46.9 Å². The lowest BCUT2D eigenvalue weighted by Gasteiger charge is -2.31. The van der Waals surface area contributed by atoms with Crippen molar-refractivity contribution in [3.63, 3.8) is 0 Å². The Morgan fingerprint density at radius 2 is 1.44 bits per heavy atom. The normalized spacial score (nSPS) is 13.1. The third kappa shape index (κ3) is 3.56. The number of nitrogens with zero attached hydrogens (tertiary/aromatic N) is 1. The van der Waals surface area contributed by atoms with Crippen LogP contribution in [0.4, 0.5) is 5.69 Å². The Bertz CT molecular complexity index is 888. The average molecular weight is 361 g/mol. The zero-order valence-electron chi connectivity index (χ0n) is 16.4. The van der Waals surface area contributed by atoms with E-state index in [4.69, 9.17) is 4.74 Å². The molecule has 0 amide bonds. The Labute approximate surface area is 161 Å². The van der Waals surface area contributed by atoms with Crippen molar-refractivity contribution in [2.24, 2.45) is 0 Å². The number of ether oxygens (including phenoxy) is 1. The summed E-state index contributed by atoms with van der Waals surface area (Å²) in [5.74, 6) is 0.770. The fourth-order valence-corrected chi connectivity index (χ4v) is 3.54. The van der Waals surface area contributed by atoms with Crippen LogP contribution in [0, 0.1) is 0 Å². The largest absolute Gasteiger partial charge is 0.497 e. The topological polar surface area (TPSA) is 32.7 Å². The molecule has 0 aliphatic rings. The van der Waals surface area contributed by atoms with Gasteiger partial charge in [0.25, 0.3) is 0 Å². The summed E-state index contributed by atoms with van der Waals surface area (Å²) in [5.41, 5.74) is 3.67. The van der Waals surface area contributed by atoms with E-state index < -0.39 is 5.60 Å². The first-order valence-corrected chi connectivity index (χ1v) is 9.23. The van der Waals surface area contributed by atoms with Crippen molar-refractivity contribution in [3.8, 4) is 5.75 Å². The van der Waals surface area contributed by atoms with Gasteiger partial charge in [-0.1, -0.05) is 61.5 Å². The summed E-state index contributed by atoms with van der Waals surface area (Å²) in [4.78, 5) is 2.11. The summed E-state index contributed by atoms with van der Waals surface area (Å²) in [5, 5.41) is 12.0. The van der Waals surface area contributed by atoms with Crippen LogP contribution in [0.5, 0.6) is 5.75 Å². The summed E-state index contributed by atoms with van der Waals surface area (Å²) in [6.45, 7) is 2.14. The minimum absolute atomic E-state index is 0.770. The second kappa shape index (κ2) is 7.85. The number of aliphatic hydroxyl groups is 1. The smallest absolute Gasteiger partial charge is 0.140 e. The molecular weight excluding hydrogens is 334 g/mol.